The summed E-state index contributed by atoms with van der Waals surface area (Å²) in [5.41, 5.74) is 0. The number of carbonyl (C=O) groups is 1. The standard InChI is InChI=1S/C13H26N2O2S/c1-10(7-8-18-2)14-13(17)15-12-6-4-3-5-11(12)9-16/h10-12,16H,3-9H2,1-2H3,(H2,14,15,17)/t10-,11-,12-/m0/s1. The third kappa shape index (κ3) is 5.48. The van der Waals surface area contributed by atoms with Crippen molar-refractivity contribution < 1.29 is 9.90 Å². The number of hydrogen-bond donors (Lipinski definition) is 3. The van der Waals surface area contributed by atoms with Crippen LogP contribution in [0.2, 0.25) is 0 Å². The molecule has 0 spiro atoms. The predicted molar refractivity (Wildman–Crippen MR) is 77.0 cm³/mol. The first-order chi connectivity index (χ1) is 8.67. The highest BCUT2D eigenvalue weighted by Crippen LogP contribution is 2.23. The predicted octanol–water partition coefficient (Wildman–Crippen LogP) is 1.98. The fraction of sp³-hybridized carbons (Fsp3) is 0.923. The lowest BCUT2D eigenvalue weighted by atomic mass is 9.85. The van der Waals surface area contributed by atoms with Gasteiger partial charge in [-0.3, -0.25) is 0 Å². The summed E-state index contributed by atoms with van der Waals surface area (Å²) in [5.74, 6) is 1.29. The number of carbonyl (C=O) groups excluding carboxylic acids is 1. The van der Waals surface area contributed by atoms with E-state index in [1.54, 1.807) is 11.8 Å². The molecule has 2 amide bonds. The van der Waals surface area contributed by atoms with Crippen molar-refractivity contribution in [3.05, 3.63) is 0 Å². The Morgan fingerprint density at radius 1 is 1.44 bits per heavy atom. The van der Waals surface area contributed by atoms with Gasteiger partial charge in [0.2, 0.25) is 0 Å². The van der Waals surface area contributed by atoms with Crippen LogP contribution in [0.4, 0.5) is 4.79 Å². The van der Waals surface area contributed by atoms with E-state index in [-0.39, 0.29) is 30.6 Å². The van der Waals surface area contributed by atoms with Crippen molar-refractivity contribution in [2.24, 2.45) is 5.92 Å². The Labute approximate surface area is 114 Å². The van der Waals surface area contributed by atoms with E-state index in [2.05, 4.69) is 16.9 Å². The number of nitrogens with one attached hydrogen (secondary N) is 2. The van der Waals surface area contributed by atoms with Crippen molar-refractivity contribution in [3.63, 3.8) is 0 Å². The highest BCUT2D eigenvalue weighted by atomic mass is 32.2. The average Bonchev–Trinajstić information content (AvgIpc) is 2.36. The Kier molecular flexibility index (Phi) is 7.51. The molecular formula is C13H26N2O2S. The minimum atomic E-state index is -0.0889. The molecule has 0 aromatic heterocycles. The van der Waals surface area contributed by atoms with Crippen LogP contribution in [0.25, 0.3) is 0 Å². The fourth-order valence-electron chi connectivity index (χ4n) is 2.42. The van der Waals surface area contributed by atoms with Gasteiger partial charge in [-0.1, -0.05) is 12.8 Å². The van der Waals surface area contributed by atoms with Crippen molar-refractivity contribution in [1.82, 2.24) is 10.6 Å². The van der Waals surface area contributed by atoms with Crippen molar-refractivity contribution >= 4 is 17.8 Å². The number of thioether (sulfide) groups is 1. The molecule has 0 aliphatic heterocycles. The quantitative estimate of drug-likeness (QED) is 0.694. The number of aliphatic hydroxyl groups excluding tert-OH is 1. The molecule has 1 saturated carbocycles. The maximum atomic E-state index is 11.8. The first kappa shape index (κ1) is 15.6. The summed E-state index contributed by atoms with van der Waals surface area (Å²) >= 11 is 1.79. The summed E-state index contributed by atoms with van der Waals surface area (Å²) in [7, 11) is 0. The van der Waals surface area contributed by atoms with Crippen LogP contribution in [0.3, 0.4) is 0 Å². The van der Waals surface area contributed by atoms with Gasteiger partial charge in [0.15, 0.2) is 0 Å². The van der Waals surface area contributed by atoms with Gasteiger partial charge >= 0.3 is 6.03 Å². The van der Waals surface area contributed by atoms with Crippen LogP contribution >= 0.6 is 11.8 Å². The van der Waals surface area contributed by atoms with Gasteiger partial charge in [0.05, 0.1) is 0 Å². The van der Waals surface area contributed by atoms with E-state index in [0.717, 1.165) is 37.9 Å². The molecule has 1 rings (SSSR count). The molecule has 0 heterocycles. The summed E-state index contributed by atoms with van der Waals surface area (Å²) in [6.45, 7) is 2.20. The summed E-state index contributed by atoms with van der Waals surface area (Å²) in [4.78, 5) is 11.8. The fourth-order valence-corrected chi connectivity index (χ4v) is 3.01. The lowest BCUT2D eigenvalue weighted by Gasteiger charge is -2.31. The van der Waals surface area contributed by atoms with E-state index in [1.165, 1.54) is 0 Å². The smallest absolute Gasteiger partial charge is 0.315 e. The largest absolute Gasteiger partial charge is 0.396 e. The number of rotatable bonds is 6. The van der Waals surface area contributed by atoms with Gasteiger partial charge < -0.3 is 15.7 Å². The molecule has 0 aromatic carbocycles. The third-order valence-corrected chi connectivity index (χ3v) is 4.24. The van der Waals surface area contributed by atoms with Crippen molar-refractivity contribution in [3.8, 4) is 0 Å². The topological polar surface area (TPSA) is 61.4 Å². The normalized spacial score (nSPS) is 25.5. The molecule has 0 bridgehead atoms. The van der Waals surface area contributed by atoms with Crippen LogP contribution < -0.4 is 10.6 Å². The first-order valence-electron chi connectivity index (χ1n) is 6.84. The van der Waals surface area contributed by atoms with E-state index in [9.17, 15) is 9.90 Å². The maximum Gasteiger partial charge on any atom is 0.315 e. The van der Waals surface area contributed by atoms with E-state index < -0.39 is 0 Å². The number of amides is 2. The molecule has 3 atom stereocenters. The highest BCUT2D eigenvalue weighted by Gasteiger charge is 2.25. The monoisotopic (exact) mass is 274 g/mol. The van der Waals surface area contributed by atoms with Crippen LogP contribution in [0.15, 0.2) is 0 Å². The molecule has 1 fully saturated rings. The summed E-state index contributed by atoms with van der Waals surface area (Å²) in [6, 6.07) is 0.249. The molecule has 106 valence electrons. The molecule has 4 nitrogen and oxygen atoms in total. The van der Waals surface area contributed by atoms with Crippen molar-refractivity contribution in [2.45, 2.75) is 51.1 Å². The second-order valence-corrected chi connectivity index (χ2v) is 6.12. The molecule has 0 saturated heterocycles. The second kappa shape index (κ2) is 8.64. The third-order valence-electron chi connectivity index (χ3n) is 3.59. The molecule has 0 aromatic rings. The van der Waals surface area contributed by atoms with Crippen LogP contribution in [-0.2, 0) is 0 Å². The number of aliphatic hydroxyl groups is 1. The Balaban J connectivity index is 2.29. The SMILES string of the molecule is CSCC[C@H](C)NC(=O)N[C@H]1CCCC[C@H]1CO. The first-order valence-corrected chi connectivity index (χ1v) is 8.23. The maximum absolute atomic E-state index is 11.8. The Bertz CT molecular complexity index is 251. The van der Waals surface area contributed by atoms with Crippen LogP contribution in [0.1, 0.15) is 39.0 Å². The lowest BCUT2D eigenvalue weighted by molar-refractivity contribution is 0.153. The Morgan fingerprint density at radius 2 is 2.17 bits per heavy atom. The summed E-state index contributed by atoms with van der Waals surface area (Å²) in [5, 5.41) is 15.3. The van der Waals surface area contributed by atoms with E-state index in [4.69, 9.17) is 0 Å². The van der Waals surface area contributed by atoms with Crippen molar-refractivity contribution in [1.29, 1.82) is 0 Å². The van der Waals surface area contributed by atoms with Gasteiger partial charge in [0.1, 0.15) is 0 Å². The molecule has 1 aliphatic rings. The van der Waals surface area contributed by atoms with E-state index >= 15 is 0 Å². The minimum Gasteiger partial charge on any atom is -0.396 e. The van der Waals surface area contributed by atoms with Gasteiger partial charge in [-0.15, -0.1) is 0 Å². The van der Waals surface area contributed by atoms with E-state index in [0.29, 0.717) is 0 Å². The van der Waals surface area contributed by atoms with Crippen LogP contribution in [0, 0.1) is 5.92 Å². The van der Waals surface area contributed by atoms with E-state index in [1.807, 2.05) is 6.92 Å². The lowest BCUT2D eigenvalue weighted by Crippen LogP contribution is -2.49. The van der Waals surface area contributed by atoms with Gasteiger partial charge in [-0.25, -0.2) is 4.79 Å². The Hall–Kier alpha value is -0.420. The average molecular weight is 274 g/mol. The number of urea groups is 1. The zero-order valence-corrected chi connectivity index (χ0v) is 12.3. The van der Waals surface area contributed by atoms with Crippen LogP contribution in [-0.4, -0.2) is 41.8 Å². The van der Waals surface area contributed by atoms with Gasteiger partial charge in [0.25, 0.3) is 0 Å². The Morgan fingerprint density at radius 3 is 2.83 bits per heavy atom. The molecule has 0 unspecified atom stereocenters. The summed E-state index contributed by atoms with van der Waals surface area (Å²) in [6.07, 6.45) is 7.36. The molecule has 18 heavy (non-hydrogen) atoms. The molecule has 1 aliphatic carbocycles. The molecule has 5 heteroatoms. The van der Waals surface area contributed by atoms with Gasteiger partial charge in [0, 0.05) is 24.6 Å². The zero-order valence-electron chi connectivity index (χ0n) is 11.4. The summed E-state index contributed by atoms with van der Waals surface area (Å²) < 4.78 is 0. The highest BCUT2D eigenvalue weighted by molar-refractivity contribution is 7.98. The number of hydrogen-bond acceptors (Lipinski definition) is 3. The van der Waals surface area contributed by atoms with Gasteiger partial charge in [-0.05, 0) is 38.2 Å². The molecule has 0 radical (unpaired) electrons. The van der Waals surface area contributed by atoms with Crippen LogP contribution in [0.5, 0.6) is 0 Å². The van der Waals surface area contributed by atoms with Crippen molar-refractivity contribution in [2.75, 3.05) is 18.6 Å². The molecular weight excluding hydrogens is 248 g/mol. The second-order valence-electron chi connectivity index (χ2n) is 5.13. The molecule has 3 N–H and O–H groups in total. The zero-order chi connectivity index (χ0) is 13.4. The minimum absolute atomic E-state index is 0.0889. The van der Waals surface area contributed by atoms with Gasteiger partial charge in [-0.2, -0.15) is 11.8 Å².